The van der Waals surface area contributed by atoms with E-state index in [-0.39, 0.29) is 35.5 Å². The van der Waals surface area contributed by atoms with Crippen LogP contribution in [0.25, 0.3) is 21.8 Å². The summed E-state index contributed by atoms with van der Waals surface area (Å²) in [6.45, 7) is 17.0. The molecule has 4 aliphatic rings. The third kappa shape index (κ3) is 10.9. The molecule has 66 heavy (non-hydrogen) atoms. The van der Waals surface area contributed by atoms with Gasteiger partial charge in [0.1, 0.15) is 0 Å². The summed E-state index contributed by atoms with van der Waals surface area (Å²) in [5.41, 5.74) is 2.81. The number of nitrogens with zero attached hydrogens (tertiary/aromatic N) is 5. The molecule has 4 saturated heterocycles. The van der Waals surface area contributed by atoms with Gasteiger partial charge >= 0.3 is 0 Å². The Balaban J connectivity index is 0.000000167. The van der Waals surface area contributed by atoms with Crippen LogP contribution in [0.5, 0.6) is 0 Å². The molecule has 3 amide bonds. The molecule has 350 valence electrons. The number of carbonyl (C=O) groups excluding carboxylic acids is 4. The number of piperazine rings is 2. The van der Waals surface area contributed by atoms with Crippen molar-refractivity contribution in [3.8, 4) is 0 Å². The first-order valence-electron chi connectivity index (χ1n) is 23.1. The first-order valence-corrected chi connectivity index (χ1v) is 25.6. The van der Waals surface area contributed by atoms with Gasteiger partial charge in [-0.15, -0.1) is 22.7 Å². The Labute approximate surface area is 405 Å². The topological polar surface area (TPSA) is 128 Å². The molecule has 8 heterocycles. The van der Waals surface area contributed by atoms with Gasteiger partial charge < -0.3 is 30.0 Å². The number of nitrogens with one attached hydrogen (secondary N) is 3. The van der Waals surface area contributed by atoms with Crippen LogP contribution in [0, 0.1) is 0 Å². The number of Topliss-reactive ketones (excluding diaryl/α,β-unsaturated/α-hetero) is 1. The first kappa shape index (κ1) is 47.9. The van der Waals surface area contributed by atoms with Crippen molar-refractivity contribution in [1.82, 2.24) is 39.8 Å². The van der Waals surface area contributed by atoms with Crippen molar-refractivity contribution in [1.29, 1.82) is 0 Å². The van der Waals surface area contributed by atoms with Crippen molar-refractivity contribution in [3.05, 3.63) is 114 Å². The van der Waals surface area contributed by atoms with Crippen molar-refractivity contribution in [3.63, 3.8) is 0 Å². The van der Waals surface area contributed by atoms with E-state index in [1.807, 2.05) is 34.2 Å². The van der Waals surface area contributed by atoms with Crippen LogP contribution in [0.1, 0.15) is 94.2 Å². The number of likely N-dealkylation sites (tertiary alicyclic amines) is 1. The van der Waals surface area contributed by atoms with Crippen LogP contribution in [0.15, 0.2) is 77.8 Å². The summed E-state index contributed by atoms with van der Waals surface area (Å²) in [4.78, 5) is 71.7. The molecule has 0 aliphatic carbocycles. The molecule has 12 nitrogen and oxygen atoms in total. The third-order valence-electron chi connectivity index (χ3n) is 13.3. The van der Waals surface area contributed by atoms with Gasteiger partial charge in [0.25, 0.3) is 23.5 Å². The predicted molar refractivity (Wildman–Crippen MR) is 268 cm³/mol. The van der Waals surface area contributed by atoms with E-state index >= 15 is 0 Å². The molecule has 0 spiro atoms. The number of halogens is 2. The van der Waals surface area contributed by atoms with Crippen molar-refractivity contribution in [2.45, 2.75) is 90.6 Å². The molecule has 16 heteroatoms. The molecule has 0 unspecified atom stereocenters. The van der Waals surface area contributed by atoms with Crippen LogP contribution in [0.4, 0.5) is 0 Å². The van der Waals surface area contributed by atoms with Gasteiger partial charge in [-0.3, -0.25) is 29.0 Å². The van der Waals surface area contributed by atoms with E-state index in [9.17, 15) is 19.2 Å². The van der Waals surface area contributed by atoms with E-state index in [1.54, 1.807) is 45.9 Å². The minimum Gasteiger partial charge on any atom is -0.361 e. The molecule has 2 aromatic carbocycles. The molecule has 4 fully saturated rings. The highest BCUT2D eigenvalue weighted by molar-refractivity contribution is 7.10. The summed E-state index contributed by atoms with van der Waals surface area (Å²) in [6.07, 6.45) is 8.01. The maximum Gasteiger partial charge on any atom is 0.295 e. The Morgan fingerprint density at radius 2 is 1.18 bits per heavy atom. The number of amides is 3. The molecule has 10 rings (SSSR count). The van der Waals surface area contributed by atoms with Gasteiger partial charge in [0.05, 0.1) is 26.7 Å². The zero-order valence-electron chi connectivity index (χ0n) is 38.2. The molecule has 4 aromatic heterocycles. The molecule has 0 saturated carbocycles. The van der Waals surface area contributed by atoms with E-state index < -0.39 is 11.7 Å². The molecular weight excluding hydrogens is 912 g/mol. The van der Waals surface area contributed by atoms with E-state index in [1.165, 1.54) is 35.7 Å². The van der Waals surface area contributed by atoms with Crippen LogP contribution in [0.3, 0.4) is 0 Å². The number of fused-ring (bicyclic) bond motifs is 2. The second-order valence-electron chi connectivity index (χ2n) is 18.1. The van der Waals surface area contributed by atoms with E-state index in [2.05, 4.69) is 87.8 Å². The summed E-state index contributed by atoms with van der Waals surface area (Å²) >= 11 is 16.5. The molecule has 3 N–H and O–H groups in total. The highest BCUT2D eigenvalue weighted by atomic mass is 35.5. The zero-order valence-corrected chi connectivity index (χ0v) is 41.3. The quantitative estimate of drug-likeness (QED) is 0.103. The number of rotatable bonds is 8. The fraction of sp³-hybridized carbons (Fsp3) is 0.440. The fourth-order valence-electron chi connectivity index (χ4n) is 9.45. The second kappa shape index (κ2) is 21.6. The van der Waals surface area contributed by atoms with Crippen LogP contribution in [-0.4, -0.2) is 134 Å². The van der Waals surface area contributed by atoms with E-state index in [4.69, 9.17) is 23.2 Å². The number of benzene rings is 2. The largest absolute Gasteiger partial charge is 0.361 e. The monoisotopic (exact) mass is 970 g/mol. The SMILES string of the molecule is C1CCNC1.C[C@@H]1CN(Cc2cccs2)[C@@H](C)CN1C(=O)c1cc2c(C(=O)C(=O)N3CCCC3)c[nH]c2cc1Cl.C[C@@H]1CN(Cc2cccs2)[C@@H](C)CN1C(=O)c1cc2cc[nH]c2cc1Cl. The van der Waals surface area contributed by atoms with Crippen LogP contribution >= 0.6 is 45.9 Å². The Bertz CT molecular complexity index is 2610. The molecule has 4 aliphatic heterocycles. The third-order valence-corrected chi connectivity index (χ3v) is 15.6. The van der Waals surface area contributed by atoms with Gasteiger partial charge in [0, 0.05) is 120 Å². The Hall–Kier alpha value is -4.54. The van der Waals surface area contributed by atoms with Gasteiger partial charge in [0.15, 0.2) is 0 Å². The van der Waals surface area contributed by atoms with Crippen molar-refractivity contribution in [2.75, 3.05) is 52.4 Å². The minimum atomic E-state index is -0.553. The molecule has 0 bridgehead atoms. The molecule has 4 atom stereocenters. The Morgan fingerprint density at radius 1 is 0.636 bits per heavy atom. The van der Waals surface area contributed by atoms with E-state index in [0.717, 1.165) is 49.9 Å². The number of H-pyrrole nitrogens is 2. The Kier molecular flexibility index (Phi) is 15.7. The van der Waals surface area contributed by atoms with Gasteiger partial charge in [-0.2, -0.15) is 0 Å². The average molecular weight is 972 g/mol. The smallest absolute Gasteiger partial charge is 0.295 e. The number of ketones is 1. The van der Waals surface area contributed by atoms with Crippen molar-refractivity contribution < 1.29 is 19.2 Å². The van der Waals surface area contributed by atoms with E-state index in [0.29, 0.717) is 64.3 Å². The molecule has 6 aromatic rings. The maximum atomic E-state index is 13.6. The number of hydrogen-bond acceptors (Lipinski definition) is 9. The normalized spacial score (nSPS) is 21.5. The van der Waals surface area contributed by atoms with Crippen LogP contribution < -0.4 is 5.32 Å². The van der Waals surface area contributed by atoms with Crippen LogP contribution in [0.2, 0.25) is 10.0 Å². The lowest BCUT2D eigenvalue weighted by molar-refractivity contribution is -0.125. The fourth-order valence-corrected chi connectivity index (χ4v) is 11.4. The van der Waals surface area contributed by atoms with Crippen molar-refractivity contribution >= 4 is 91.2 Å². The number of thiophene rings is 2. The number of aromatic nitrogens is 2. The lowest BCUT2D eigenvalue weighted by Gasteiger charge is -2.44. The summed E-state index contributed by atoms with van der Waals surface area (Å²) < 4.78 is 0. The average Bonchev–Trinajstić information content (AvgIpc) is 4.16. The highest BCUT2D eigenvalue weighted by Gasteiger charge is 2.36. The standard InChI is InChI=1S/C26H29ClN4O3S.C20H22ClN3OS.C4H9N/c1-16-14-31(17(2)13-30(16)15-18-6-5-9-35-18)25(33)20-10-19-21(12-28-23(19)11-22(20)27)24(32)26(34)29-7-3-4-8-29;1-13-11-24(14(2)10-23(13)12-16-4-3-7-26-16)20(25)17-8-15-5-6-22-19(15)9-18(17)21;1-2-4-5-3-1/h5-6,9-12,16-17,28H,3-4,7-8,13-15H2,1-2H3;3-9,13-14,22H,10-12H2,1-2H3;5H,1-4H2/t16-,17+;13-,14+;/m00./s1. The highest BCUT2D eigenvalue weighted by Crippen LogP contribution is 2.31. The Morgan fingerprint density at radius 3 is 1.70 bits per heavy atom. The van der Waals surface area contributed by atoms with Gasteiger partial charge in [-0.05, 0) is 120 Å². The molecule has 0 radical (unpaired) electrons. The number of hydrogen-bond donors (Lipinski definition) is 3. The summed E-state index contributed by atoms with van der Waals surface area (Å²) in [6, 6.07) is 18.2. The van der Waals surface area contributed by atoms with Gasteiger partial charge in [0.2, 0.25) is 0 Å². The van der Waals surface area contributed by atoms with Crippen molar-refractivity contribution in [2.24, 2.45) is 0 Å². The summed E-state index contributed by atoms with van der Waals surface area (Å²) in [7, 11) is 0. The first-order chi connectivity index (χ1) is 31.9. The second-order valence-corrected chi connectivity index (χ2v) is 21.0. The summed E-state index contributed by atoms with van der Waals surface area (Å²) in [5.74, 6) is -1.18. The van der Waals surface area contributed by atoms with Gasteiger partial charge in [-0.1, -0.05) is 35.3 Å². The predicted octanol–water partition coefficient (Wildman–Crippen LogP) is 9.41. The maximum absolute atomic E-state index is 13.6. The molecular formula is C50H60Cl2N8O4S2. The van der Waals surface area contributed by atoms with Gasteiger partial charge in [-0.25, -0.2) is 0 Å². The zero-order chi connectivity index (χ0) is 46.5. The number of carbonyl (C=O) groups is 4. The lowest BCUT2D eigenvalue weighted by Crippen LogP contribution is -2.57. The minimum absolute atomic E-state index is 0.00879. The number of aromatic amines is 2. The van der Waals surface area contributed by atoms with Crippen LogP contribution in [-0.2, 0) is 17.9 Å². The lowest BCUT2D eigenvalue weighted by atomic mass is 10.0. The summed E-state index contributed by atoms with van der Waals surface area (Å²) in [5, 5.41) is 9.81.